The summed E-state index contributed by atoms with van der Waals surface area (Å²) in [6, 6.07) is 24.6. The van der Waals surface area contributed by atoms with Crippen LogP contribution in [0.2, 0.25) is 0 Å². The minimum absolute atomic E-state index is 0.0254. The first kappa shape index (κ1) is 25.7. The Bertz CT molecular complexity index is 1530. The van der Waals surface area contributed by atoms with Crippen molar-refractivity contribution < 1.29 is 24.2 Å². The molecule has 0 aliphatic rings. The van der Waals surface area contributed by atoms with Crippen LogP contribution in [-0.4, -0.2) is 30.0 Å². The zero-order valence-corrected chi connectivity index (χ0v) is 21.4. The fourth-order valence-corrected chi connectivity index (χ4v) is 4.26. The molecule has 3 N–H and O–H groups in total. The number of esters is 1. The van der Waals surface area contributed by atoms with Crippen molar-refractivity contribution in [2.45, 2.75) is 6.54 Å². The molecular weight excluding hydrogens is 536 g/mol. The lowest BCUT2D eigenvalue weighted by Gasteiger charge is -2.11. The third-order valence-corrected chi connectivity index (χ3v) is 6.23. The lowest BCUT2D eigenvalue weighted by atomic mass is 10.1. The predicted molar refractivity (Wildman–Crippen MR) is 145 cm³/mol. The predicted octanol–water partition coefficient (Wildman–Crippen LogP) is 5.18. The molecular formula is C29H23BrN2O5. The lowest BCUT2D eigenvalue weighted by Crippen LogP contribution is -2.28. The molecule has 0 unspecified atom stereocenters. The van der Waals surface area contributed by atoms with Gasteiger partial charge in [0.2, 0.25) is 0 Å². The van der Waals surface area contributed by atoms with Crippen LogP contribution in [0.4, 0.5) is 0 Å². The number of amides is 2. The fourth-order valence-electron chi connectivity index (χ4n) is 3.70. The van der Waals surface area contributed by atoms with Crippen molar-refractivity contribution >= 4 is 50.6 Å². The van der Waals surface area contributed by atoms with Crippen LogP contribution in [0.5, 0.6) is 5.75 Å². The van der Waals surface area contributed by atoms with Gasteiger partial charge in [0.1, 0.15) is 11.4 Å². The summed E-state index contributed by atoms with van der Waals surface area (Å²) in [5, 5.41) is 17.0. The van der Waals surface area contributed by atoms with Crippen LogP contribution in [0.1, 0.15) is 31.8 Å². The Morgan fingerprint density at radius 3 is 2.41 bits per heavy atom. The smallest absolute Gasteiger partial charge is 0.354 e. The molecule has 0 atom stereocenters. The third-order valence-electron chi connectivity index (χ3n) is 5.58. The summed E-state index contributed by atoms with van der Waals surface area (Å²) in [6.45, 7) is 0.231. The van der Waals surface area contributed by atoms with Crippen molar-refractivity contribution in [2.24, 2.45) is 0 Å². The first-order valence-electron chi connectivity index (χ1n) is 11.3. The lowest BCUT2D eigenvalue weighted by molar-refractivity contribution is -0.136. The van der Waals surface area contributed by atoms with Crippen molar-refractivity contribution in [3.05, 3.63) is 117 Å². The number of fused-ring (bicyclic) bond motifs is 1. The Labute approximate surface area is 221 Å². The van der Waals surface area contributed by atoms with Crippen molar-refractivity contribution in [1.29, 1.82) is 0 Å². The van der Waals surface area contributed by atoms with E-state index in [1.54, 1.807) is 30.3 Å². The molecule has 0 spiro atoms. The normalized spacial score (nSPS) is 11.1. The minimum Gasteiger partial charge on any atom is -0.508 e. The van der Waals surface area contributed by atoms with Crippen molar-refractivity contribution in [1.82, 2.24) is 10.6 Å². The zero-order valence-electron chi connectivity index (χ0n) is 19.8. The van der Waals surface area contributed by atoms with E-state index in [0.29, 0.717) is 10.0 Å². The molecule has 2 amide bonds. The Kier molecular flexibility index (Phi) is 8.00. The number of benzene rings is 4. The molecule has 0 heterocycles. The van der Waals surface area contributed by atoms with Crippen LogP contribution in [0.25, 0.3) is 16.8 Å². The van der Waals surface area contributed by atoms with E-state index in [2.05, 4.69) is 26.6 Å². The maximum atomic E-state index is 13.0. The number of methoxy groups -OCH3 is 1. The highest BCUT2D eigenvalue weighted by Gasteiger charge is 2.18. The van der Waals surface area contributed by atoms with Crippen LogP contribution < -0.4 is 10.6 Å². The first-order valence-corrected chi connectivity index (χ1v) is 12.1. The van der Waals surface area contributed by atoms with Crippen LogP contribution in [0, 0.1) is 0 Å². The molecule has 0 fully saturated rings. The molecule has 4 aromatic carbocycles. The summed E-state index contributed by atoms with van der Waals surface area (Å²) in [6.07, 6.45) is 1.55. The molecule has 0 saturated carbocycles. The number of ether oxygens (including phenoxy) is 1. The van der Waals surface area contributed by atoms with Crippen molar-refractivity contribution in [2.75, 3.05) is 7.11 Å². The van der Waals surface area contributed by atoms with E-state index in [9.17, 15) is 19.5 Å². The highest BCUT2D eigenvalue weighted by molar-refractivity contribution is 9.10. The van der Waals surface area contributed by atoms with E-state index < -0.39 is 11.9 Å². The number of phenols is 1. The molecule has 4 rings (SSSR count). The summed E-state index contributed by atoms with van der Waals surface area (Å²) in [5.41, 5.74) is 2.01. The van der Waals surface area contributed by atoms with E-state index in [4.69, 9.17) is 4.74 Å². The molecule has 7 nitrogen and oxygen atoms in total. The van der Waals surface area contributed by atoms with Crippen LogP contribution in [0.3, 0.4) is 0 Å². The molecule has 186 valence electrons. The molecule has 4 aromatic rings. The monoisotopic (exact) mass is 558 g/mol. The van der Waals surface area contributed by atoms with E-state index in [1.807, 2.05) is 42.5 Å². The molecule has 0 aromatic heterocycles. The van der Waals surface area contributed by atoms with Gasteiger partial charge < -0.3 is 20.5 Å². The molecule has 8 heteroatoms. The quantitative estimate of drug-likeness (QED) is 0.214. The zero-order chi connectivity index (χ0) is 26.4. The second-order valence-electron chi connectivity index (χ2n) is 8.16. The largest absolute Gasteiger partial charge is 0.508 e. The van der Waals surface area contributed by atoms with Crippen LogP contribution in [0.15, 0.2) is 95.1 Å². The topological polar surface area (TPSA) is 105 Å². The number of aromatic hydroxyl groups is 1. The van der Waals surface area contributed by atoms with Gasteiger partial charge in [0.05, 0.1) is 12.7 Å². The molecule has 0 radical (unpaired) electrons. The SMILES string of the molecule is COC(=O)/C(=C/c1ccc2ccccc2c1)NC(=O)c1ccc(C(=O)NCc2cccc(O)c2)cc1Br. The summed E-state index contributed by atoms with van der Waals surface area (Å²) in [7, 11) is 1.24. The van der Waals surface area contributed by atoms with Gasteiger partial charge >= 0.3 is 5.97 Å². The third kappa shape index (κ3) is 6.42. The maximum Gasteiger partial charge on any atom is 0.354 e. The van der Waals surface area contributed by atoms with Gasteiger partial charge in [-0.15, -0.1) is 0 Å². The molecule has 0 aliphatic carbocycles. The Hall–Kier alpha value is -4.43. The Balaban J connectivity index is 1.50. The minimum atomic E-state index is -0.694. The van der Waals surface area contributed by atoms with Gasteiger partial charge in [0.25, 0.3) is 11.8 Å². The van der Waals surface area contributed by atoms with Gasteiger partial charge in [-0.25, -0.2) is 4.79 Å². The first-order chi connectivity index (χ1) is 17.8. The number of hydrogen-bond donors (Lipinski definition) is 3. The maximum absolute atomic E-state index is 13.0. The van der Waals surface area contributed by atoms with Crippen LogP contribution >= 0.6 is 15.9 Å². The Morgan fingerprint density at radius 2 is 1.68 bits per heavy atom. The molecule has 0 bridgehead atoms. The highest BCUT2D eigenvalue weighted by Crippen LogP contribution is 2.21. The molecule has 0 saturated heterocycles. The standard InChI is InChI=1S/C29H23BrN2O5/c1-37-29(36)26(15-18-9-10-20-6-2-3-7-21(20)13-18)32-28(35)24-12-11-22(16-25(24)30)27(34)31-17-19-5-4-8-23(33)14-19/h2-16,33H,17H2,1H3,(H,31,34)(H,32,35)/b26-15-. The average Bonchev–Trinajstić information content (AvgIpc) is 2.90. The number of hydrogen-bond acceptors (Lipinski definition) is 5. The summed E-state index contributed by atoms with van der Waals surface area (Å²) < 4.78 is 5.24. The van der Waals surface area contributed by atoms with E-state index in [0.717, 1.165) is 21.9 Å². The fraction of sp³-hybridized carbons (Fsp3) is 0.0690. The number of carbonyl (C=O) groups excluding carboxylic acids is 3. The average molecular weight is 559 g/mol. The number of phenolic OH excluding ortho intramolecular Hbond substituents is 1. The van der Waals surface area contributed by atoms with Gasteiger partial charge in [-0.3, -0.25) is 9.59 Å². The van der Waals surface area contributed by atoms with Crippen LogP contribution in [-0.2, 0) is 16.1 Å². The molecule has 37 heavy (non-hydrogen) atoms. The summed E-state index contributed by atoms with van der Waals surface area (Å²) in [4.78, 5) is 38.0. The number of carbonyl (C=O) groups is 3. The van der Waals surface area contributed by atoms with E-state index in [1.165, 1.54) is 25.3 Å². The summed E-state index contributed by atoms with van der Waals surface area (Å²) >= 11 is 3.35. The number of nitrogens with one attached hydrogen (secondary N) is 2. The van der Waals surface area contributed by atoms with Crippen molar-refractivity contribution in [3.8, 4) is 5.75 Å². The van der Waals surface area contributed by atoms with Crippen molar-refractivity contribution in [3.63, 3.8) is 0 Å². The van der Waals surface area contributed by atoms with E-state index >= 15 is 0 Å². The number of rotatable bonds is 7. The second kappa shape index (κ2) is 11.5. The Morgan fingerprint density at radius 1 is 0.892 bits per heavy atom. The molecule has 0 aliphatic heterocycles. The summed E-state index contributed by atoms with van der Waals surface area (Å²) in [5.74, 6) is -1.47. The number of halogens is 1. The highest BCUT2D eigenvalue weighted by atomic mass is 79.9. The van der Waals surface area contributed by atoms with E-state index in [-0.39, 0.29) is 29.5 Å². The second-order valence-corrected chi connectivity index (χ2v) is 9.01. The van der Waals surface area contributed by atoms with Gasteiger partial charge in [-0.05, 0) is 80.3 Å². The van der Waals surface area contributed by atoms with Gasteiger partial charge in [-0.2, -0.15) is 0 Å². The van der Waals surface area contributed by atoms with Gasteiger partial charge in [0.15, 0.2) is 0 Å². The van der Waals surface area contributed by atoms with Gasteiger partial charge in [0, 0.05) is 16.6 Å². The van der Waals surface area contributed by atoms with Gasteiger partial charge in [-0.1, -0.05) is 48.5 Å².